The van der Waals surface area contributed by atoms with E-state index < -0.39 is 0 Å². The molecule has 1 aromatic rings. The van der Waals surface area contributed by atoms with E-state index in [0.717, 1.165) is 29.4 Å². The van der Waals surface area contributed by atoms with Gasteiger partial charge in [-0.2, -0.15) is 0 Å². The second-order valence-electron chi connectivity index (χ2n) is 4.13. The van der Waals surface area contributed by atoms with Gasteiger partial charge in [-0.1, -0.05) is 31.9 Å². The Labute approximate surface area is 106 Å². The van der Waals surface area contributed by atoms with Gasteiger partial charge in [-0.05, 0) is 34.5 Å². The molecule has 0 heterocycles. The summed E-state index contributed by atoms with van der Waals surface area (Å²) >= 11 is 3.52. The van der Waals surface area contributed by atoms with Crippen LogP contribution in [0.3, 0.4) is 0 Å². The summed E-state index contributed by atoms with van der Waals surface area (Å²) in [5.41, 5.74) is 1.12. The monoisotopic (exact) mass is 285 g/mol. The molecule has 0 unspecified atom stereocenters. The van der Waals surface area contributed by atoms with E-state index in [2.05, 4.69) is 33.8 Å². The Hall–Kier alpha value is -0.540. The Balaban J connectivity index is 2.52. The summed E-state index contributed by atoms with van der Waals surface area (Å²) < 4.78 is 1.07. The Morgan fingerprint density at radius 3 is 2.69 bits per heavy atom. The van der Waals surface area contributed by atoms with Gasteiger partial charge in [-0.25, -0.2) is 0 Å². The van der Waals surface area contributed by atoms with E-state index in [4.69, 9.17) is 0 Å². The maximum absolute atomic E-state index is 9.85. The summed E-state index contributed by atoms with van der Waals surface area (Å²) in [5, 5.41) is 9.85. The highest BCUT2D eigenvalue weighted by atomic mass is 79.9. The van der Waals surface area contributed by atoms with Gasteiger partial charge in [0.05, 0.1) is 11.8 Å². The highest BCUT2D eigenvalue weighted by Crippen LogP contribution is 2.24. The SMILES string of the molecule is CCCC[C@@H](O)CN(C)c1ccccc1Br. The molecule has 0 aromatic heterocycles. The van der Waals surface area contributed by atoms with E-state index in [9.17, 15) is 5.11 Å². The lowest BCUT2D eigenvalue weighted by molar-refractivity contribution is 0.168. The highest BCUT2D eigenvalue weighted by molar-refractivity contribution is 9.10. The van der Waals surface area contributed by atoms with Gasteiger partial charge in [0.2, 0.25) is 0 Å². The molecule has 0 spiro atoms. The minimum atomic E-state index is -0.239. The maximum atomic E-state index is 9.85. The van der Waals surface area contributed by atoms with Crippen molar-refractivity contribution in [2.24, 2.45) is 0 Å². The molecule has 1 rings (SSSR count). The zero-order chi connectivity index (χ0) is 12.0. The Kier molecular flexibility index (Phi) is 5.85. The smallest absolute Gasteiger partial charge is 0.0714 e. The van der Waals surface area contributed by atoms with Crippen molar-refractivity contribution in [3.05, 3.63) is 28.7 Å². The molecule has 0 fully saturated rings. The number of likely N-dealkylation sites (N-methyl/N-ethyl adjacent to an activating group) is 1. The first-order valence-corrected chi connectivity index (χ1v) is 6.58. The summed E-state index contributed by atoms with van der Waals surface area (Å²) in [6.45, 7) is 2.83. The minimum absolute atomic E-state index is 0.239. The summed E-state index contributed by atoms with van der Waals surface area (Å²) in [4.78, 5) is 2.09. The second-order valence-corrected chi connectivity index (χ2v) is 4.98. The molecule has 3 heteroatoms. The zero-order valence-electron chi connectivity index (χ0n) is 9.99. The summed E-state index contributed by atoms with van der Waals surface area (Å²) in [6, 6.07) is 8.07. The number of nitrogens with zero attached hydrogens (tertiary/aromatic N) is 1. The first-order valence-electron chi connectivity index (χ1n) is 5.79. The summed E-state index contributed by atoms with van der Waals surface area (Å²) in [7, 11) is 2.01. The fourth-order valence-electron chi connectivity index (χ4n) is 1.71. The Bertz CT molecular complexity index is 317. The van der Waals surface area contributed by atoms with E-state index in [1.54, 1.807) is 0 Å². The molecule has 2 nitrogen and oxygen atoms in total. The third kappa shape index (κ3) is 4.14. The third-order valence-electron chi connectivity index (χ3n) is 2.64. The van der Waals surface area contributed by atoms with Gasteiger partial charge in [-0.3, -0.25) is 0 Å². The molecule has 0 saturated heterocycles. The average molecular weight is 286 g/mol. The molecule has 0 aliphatic carbocycles. The number of aliphatic hydroxyl groups is 1. The lowest BCUT2D eigenvalue weighted by Gasteiger charge is -2.23. The number of rotatable bonds is 6. The van der Waals surface area contributed by atoms with Crippen molar-refractivity contribution in [1.29, 1.82) is 0 Å². The first-order chi connectivity index (χ1) is 7.65. The summed E-state index contributed by atoms with van der Waals surface area (Å²) in [5.74, 6) is 0. The Morgan fingerprint density at radius 1 is 1.38 bits per heavy atom. The molecule has 90 valence electrons. The minimum Gasteiger partial charge on any atom is -0.391 e. The van der Waals surface area contributed by atoms with Gasteiger partial charge < -0.3 is 10.0 Å². The van der Waals surface area contributed by atoms with Crippen LogP contribution in [-0.4, -0.2) is 24.8 Å². The van der Waals surface area contributed by atoms with Gasteiger partial charge in [-0.15, -0.1) is 0 Å². The van der Waals surface area contributed by atoms with E-state index in [0.29, 0.717) is 6.54 Å². The molecular weight excluding hydrogens is 266 g/mol. The number of unbranched alkanes of at least 4 members (excludes halogenated alkanes) is 1. The van der Waals surface area contributed by atoms with E-state index in [-0.39, 0.29) is 6.10 Å². The van der Waals surface area contributed by atoms with Crippen LogP contribution >= 0.6 is 15.9 Å². The average Bonchev–Trinajstić information content (AvgIpc) is 2.26. The molecule has 0 radical (unpaired) electrons. The highest BCUT2D eigenvalue weighted by Gasteiger charge is 2.10. The lowest BCUT2D eigenvalue weighted by atomic mass is 10.1. The molecule has 0 aliphatic heterocycles. The van der Waals surface area contributed by atoms with Crippen LogP contribution < -0.4 is 4.90 Å². The Morgan fingerprint density at radius 2 is 2.06 bits per heavy atom. The largest absolute Gasteiger partial charge is 0.391 e. The van der Waals surface area contributed by atoms with Gasteiger partial charge in [0.15, 0.2) is 0 Å². The number of hydrogen-bond donors (Lipinski definition) is 1. The first kappa shape index (κ1) is 13.5. The lowest BCUT2D eigenvalue weighted by Crippen LogP contribution is -2.29. The predicted octanol–water partition coefficient (Wildman–Crippen LogP) is 3.44. The zero-order valence-corrected chi connectivity index (χ0v) is 11.6. The van der Waals surface area contributed by atoms with Crippen LogP contribution in [-0.2, 0) is 0 Å². The van der Waals surface area contributed by atoms with Crippen molar-refractivity contribution < 1.29 is 5.11 Å². The van der Waals surface area contributed by atoms with Crippen molar-refractivity contribution in [3.8, 4) is 0 Å². The van der Waals surface area contributed by atoms with Crippen LogP contribution in [0.1, 0.15) is 26.2 Å². The second kappa shape index (κ2) is 6.92. The van der Waals surface area contributed by atoms with E-state index in [1.807, 2.05) is 25.2 Å². The molecule has 1 N–H and O–H groups in total. The number of benzene rings is 1. The number of hydrogen-bond acceptors (Lipinski definition) is 2. The third-order valence-corrected chi connectivity index (χ3v) is 3.31. The van der Waals surface area contributed by atoms with Gasteiger partial charge in [0, 0.05) is 18.1 Å². The molecule has 0 aliphatic rings. The fraction of sp³-hybridized carbons (Fsp3) is 0.538. The van der Waals surface area contributed by atoms with Crippen molar-refractivity contribution in [3.63, 3.8) is 0 Å². The molecule has 1 aromatic carbocycles. The van der Waals surface area contributed by atoms with E-state index >= 15 is 0 Å². The van der Waals surface area contributed by atoms with Crippen LogP contribution in [0.5, 0.6) is 0 Å². The van der Waals surface area contributed by atoms with Crippen LogP contribution in [0.15, 0.2) is 28.7 Å². The molecule has 16 heavy (non-hydrogen) atoms. The molecule has 1 atom stereocenters. The van der Waals surface area contributed by atoms with Crippen LogP contribution in [0, 0.1) is 0 Å². The molecule has 0 bridgehead atoms. The standard InChI is InChI=1S/C13H20BrNO/c1-3-4-7-11(16)10-15(2)13-9-6-5-8-12(13)14/h5-6,8-9,11,16H,3-4,7,10H2,1-2H3/t11-/m1/s1. The number of aliphatic hydroxyl groups excluding tert-OH is 1. The summed E-state index contributed by atoms with van der Waals surface area (Å²) in [6.07, 6.45) is 2.86. The number of halogens is 1. The van der Waals surface area contributed by atoms with Gasteiger partial charge in [0.1, 0.15) is 0 Å². The maximum Gasteiger partial charge on any atom is 0.0714 e. The van der Waals surface area contributed by atoms with E-state index in [1.165, 1.54) is 0 Å². The molecule has 0 saturated carbocycles. The van der Waals surface area contributed by atoms with Crippen LogP contribution in [0.4, 0.5) is 5.69 Å². The number of para-hydroxylation sites is 1. The van der Waals surface area contributed by atoms with Crippen molar-refractivity contribution >= 4 is 21.6 Å². The van der Waals surface area contributed by atoms with Gasteiger partial charge in [0.25, 0.3) is 0 Å². The molecular formula is C13H20BrNO. The van der Waals surface area contributed by atoms with Crippen molar-refractivity contribution in [1.82, 2.24) is 0 Å². The normalized spacial score (nSPS) is 12.5. The topological polar surface area (TPSA) is 23.5 Å². The quantitative estimate of drug-likeness (QED) is 0.866. The van der Waals surface area contributed by atoms with Gasteiger partial charge >= 0.3 is 0 Å². The fourth-order valence-corrected chi connectivity index (χ4v) is 2.29. The number of anilines is 1. The van der Waals surface area contributed by atoms with Crippen LogP contribution in [0.2, 0.25) is 0 Å². The van der Waals surface area contributed by atoms with Crippen LogP contribution in [0.25, 0.3) is 0 Å². The predicted molar refractivity (Wildman–Crippen MR) is 72.9 cm³/mol. The molecule has 0 amide bonds. The van der Waals surface area contributed by atoms with Crippen molar-refractivity contribution in [2.45, 2.75) is 32.3 Å². The van der Waals surface area contributed by atoms with Crippen molar-refractivity contribution in [2.75, 3.05) is 18.5 Å².